The normalized spacial score (nSPS) is 12.6. The Bertz CT molecular complexity index is 1400. The third kappa shape index (κ3) is 6.22. The molecule has 1 atom stereocenters. The first kappa shape index (κ1) is 26.0. The molecule has 4 rings (SSSR count). The highest BCUT2D eigenvalue weighted by Crippen LogP contribution is 2.32. The quantitative estimate of drug-likeness (QED) is 0.299. The van der Waals surface area contributed by atoms with Crippen LogP contribution in [0.4, 0.5) is 29.5 Å². The maximum atomic E-state index is 12.9. The van der Waals surface area contributed by atoms with Gasteiger partial charge in [-0.2, -0.15) is 18.3 Å². The number of hydrogen-bond acceptors (Lipinski definition) is 6. The van der Waals surface area contributed by atoms with Gasteiger partial charge in [-0.05, 0) is 56.2 Å². The standard InChI is InChI=1S/C25H26F3N7O2/c1-14(2)37-20(29)11-18-23-22(15(3)12-35(23)31-13-30-18)16-7-9-17(10-8-16)32-24(36)34-21-6-4-5-19(33-21)25(26,27)28/h4-10,12-14,20H,11,29H2,1-3H3,(H2,32,33,34,36). The minimum absolute atomic E-state index is 0.0255. The summed E-state index contributed by atoms with van der Waals surface area (Å²) in [6, 6.07) is 9.57. The Balaban J connectivity index is 1.53. The van der Waals surface area contributed by atoms with E-state index < -0.39 is 24.1 Å². The Labute approximate surface area is 210 Å². The van der Waals surface area contributed by atoms with Crippen LogP contribution in [0.15, 0.2) is 55.0 Å². The molecule has 4 aromatic rings. The molecule has 0 fully saturated rings. The Kier molecular flexibility index (Phi) is 7.41. The van der Waals surface area contributed by atoms with Gasteiger partial charge in [0.1, 0.15) is 24.1 Å². The molecule has 0 aliphatic heterocycles. The number of nitrogens with one attached hydrogen (secondary N) is 2. The lowest BCUT2D eigenvalue weighted by molar-refractivity contribution is -0.141. The van der Waals surface area contributed by atoms with E-state index in [4.69, 9.17) is 10.5 Å². The number of hydrogen-bond donors (Lipinski definition) is 3. The fourth-order valence-electron chi connectivity index (χ4n) is 3.96. The first-order valence-electron chi connectivity index (χ1n) is 11.5. The lowest BCUT2D eigenvalue weighted by atomic mass is 10.0. The van der Waals surface area contributed by atoms with Crippen LogP contribution in [0.25, 0.3) is 16.6 Å². The predicted octanol–water partition coefficient (Wildman–Crippen LogP) is 5.01. The lowest BCUT2D eigenvalue weighted by Crippen LogP contribution is -2.30. The fraction of sp³-hybridized carbons (Fsp3) is 0.280. The number of fused-ring (bicyclic) bond motifs is 1. The van der Waals surface area contributed by atoms with Crippen LogP contribution in [0.2, 0.25) is 0 Å². The number of alkyl halides is 3. The fourth-order valence-corrected chi connectivity index (χ4v) is 3.96. The van der Waals surface area contributed by atoms with Crippen molar-refractivity contribution in [1.82, 2.24) is 19.6 Å². The maximum absolute atomic E-state index is 12.9. The van der Waals surface area contributed by atoms with Gasteiger partial charge in [0.25, 0.3) is 0 Å². The highest BCUT2D eigenvalue weighted by atomic mass is 19.4. The van der Waals surface area contributed by atoms with Crippen LogP contribution in [0, 0.1) is 6.92 Å². The number of ether oxygens (including phenoxy) is 1. The van der Waals surface area contributed by atoms with E-state index >= 15 is 0 Å². The summed E-state index contributed by atoms with van der Waals surface area (Å²) in [5, 5.41) is 9.22. The van der Waals surface area contributed by atoms with Gasteiger partial charge in [0.05, 0.1) is 17.3 Å². The van der Waals surface area contributed by atoms with Gasteiger partial charge in [-0.25, -0.2) is 19.3 Å². The number of anilines is 2. The van der Waals surface area contributed by atoms with Gasteiger partial charge >= 0.3 is 12.2 Å². The number of amides is 2. The van der Waals surface area contributed by atoms with E-state index in [1.165, 1.54) is 18.5 Å². The van der Waals surface area contributed by atoms with Crippen molar-refractivity contribution in [2.24, 2.45) is 5.73 Å². The van der Waals surface area contributed by atoms with Gasteiger partial charge in [0.2, 0.25) is 0 Å². The van der Waals surface area contributed by atoms with Crippen LogP contribution in [0.5, 0.6) is 0 Å². The first-order valence-corrected chi connectivity index (χ1v) is 11.5. The molecule has 0 aliphatic rings. The van der Waals surface area contributed by atoms with Crippen LogP contribution >= 0.6 is 0 Å². The van der Waals surface area contributed by atoms with Gasteiger partial charge in [0.15, 0.2) is 0 Å². The average Bonchev–Trinajstić information content (AvgIpc) is 3.15. The van der Waals surface area contributed by atoms with Crippen molar-refractivity contribution in [1.29, 1.82) is 0 Å². The smallest absolute Gasteiger partial charge is 0.361 e. The monoisotopic (exact) mass is 513 g/mol. The number of carbonyl (C=O) groups is 1. The Morgan fingerprint density at radius 2 is 1.86 bits per heavy atom. The average molecular weight is 514 g/mol. The Morgan fingerprint density at radius 1 is 1.14 bits per heavy atom. The molecule has 0 saturated carbocycles. The minimum atomic E-state index is -4.61. The molecule has 9 nitrogen and oxygen atoms in total. The maximum Gasteiger partial charge on any atom is 0.433 e. The summed E-state index contributed by atoms with van der Waals surface area (Å²) < 4.78 is 46.0. The molecule has 2 amide bonds. The highest BCUT2D eigenvalue weighted by molar-refractivity contribution is 5.99. The third-order valence-corrected chi connectivity index (χ3v) is 5.39. The molecular weight excluding hydrogens is 487 g/mol. The highest BCUT2D eigenvalue weighted by Gasteiger charge is 2.32. The largest absolute Gasteiger partial charge is 0.433 e. The number of urea groups is 1. The lowest BCUT2D eigenvalue weighted by Gasteiger charge is -2.16. The van der Waals surface area contributed by atoms with Crippen LogP contribution < -0.4 is 16.4 Å². The van der Waals surface area contributed by atoms with Crippen molar-refractivity contribution in [3.05, 3.63) is 71.9 Å². The first-order chi connectivity index (χ1) is 17.5. The van der Waals surface area contributed by atoms with Gasteiger partial charge in [-0.1, -0.05) is 18.2 Å². The molecule has 3 aromatic heterocycles. The van der Waals surface area contributed by atoms with Crippen LogP contribution in [-0.2, 0) is 17.3 Å². The molecule has 0 spiro atoms. The Hall–Kier alpha value is -4.03. The SMILES string of the molecule is Cc1cn2ncnc(CC(N)OC(C)C)c2c1-c1ccc(NC(=O)Nc2cccc(C(F)(F)F)n2)cc1. The van der Waals surface area contributed by atoms with Crippen molar-refractivity contribution < 1.29 is 22.7 Å². The zero-order valence-corrected chi connectivity index (χ0v) is 20.4. The molecule has 1 aromatic carbocycles. The summed E-state index contributed by atoms with van der Waals surface area (Å²) in [6.07, 6.45) is -1.40. The molecule has 0 saturated heterocycles. The summed E-state index contributed by atoms with van der Waals surface area (Å²) in [6.45, 7) is 5.78. The van der Waals surface area contributed by atoms with Crippen molar-refractivity contribution in [3.63, 3.8) is 0 Å². The molecule has 0 bridgehead atoms. The van der Waals surface area contributed by atoms with Crippen molar-refractivity contribution in [2.75, 3.05) is 10.6 Å². The van der Waals surface area contributed by atoms with Gasteiger partial charge < -0.3 is 15.8 Å². The van der Waals surface area contributed by atoms with Crippen LogP contribution in [0.3, 0.4) is 0 Å². The van der Waals surface area contributed by atoms with E-state index in [2.05, 4.69) is 25.7 Å². The summed E-state index contributed by atoms with van der Waals surface area (Å²) in [5.41, 5.74) is 9.78. The third-order valence-electron chi connectivity index (χ3n) is 5.39. The summed E-state index contributed by atoms with van der Waals surface area (Å²) >= 11 is 0. The second-order valence-electron chi connectivity index (χ2n) is 8.68. The summed E-state index contributed by atoms with van der Waals surface area (Å²) in [7, 11) is 0. The van der Waals surface area contributed by atoms with E-state index in [9.17, 15) is 18.0 Å². The number of aromatic nitrogens is 4. The molecule has 3 heterocycles. The van der Waals surface area contributed by atoms with Crippen molar-refractivity contribution >= 4 is 23.1 Å². The van der Waals surface area contributed by atoms with Gasteiger partial charge in [-0.15, -0.1) is 0 Å². The zero-order valence-electron chi connectivity index (χ0n) is 20.4. The van der Waals surface area contributed by atoms with E-state index in [0.29, 0.717) is 12.1 Å². The van der Waals surface area contributed by atoms with E-state index in [1.807, 2.05) is 39.1 Å². The molecule has 194 valence electrons. The molecule has 1 unspecified atom stereocenters. The zero-order chi connectivity index (χ0) is 26.7. The molecule has 0 radical (unpaired) electrons. The van der Waals surface area contributed by atoms with Crippen LogP contribution in [-0.4, -0.2) is 37.9 Å². The summed E-state index contributed by atoms with van der Waals surface area (Å²) in [5.74, 6) is -0.216. The number of aryl methyl sites for hydroxylation is 1. The number of carbonyl (C=O) groups excluding carboxylic acids is 1. The van der Waals surface area contributed by atoms with Gasteiger partial charge in [-0.3, -0.25) is 5.32 Å². The molecule has 0 aliphatic carbocycles. The van der Waals surface area contributed by atoms with Gasteiger partial charge in [0, 0.05) is 23.9 Å². The number of nitrogens with zero attached hydrogens (tertiary/aromatic N) is 4. The molecule has 12 heteroatoms. The molecule has 37 heavy (non-hydrogen) atoms. The predicted molar refractivity (Wildman–Crippen MR) is 133 cm³/mol. The number of benzene rings is 1. The van der Waals surface area contributed by atoms with Crippen LogP contribution in [0.1, 0.15) is 30.8 Å². The van der Waals surface area contributed by atoms with Crippen molar-refractivity contribution in [2.45, 2.75) is 45.7 Å². The minimum Gasteiger partial charge on any atom is -0.361 e. The topological polar surface area (TPSA) is 119 Å². The van der Waals surface area contributed by atoms with E-state index in [0.717, 1.165) is 34.0 Å². The summed E-state index contributed by atoms with van der Waals surface area (Å²) in [4.78, 5) is 20.2. The number of rotatable bonds is 7. The second kappa shape index (κ2) is 10.5. The van der Waals surface area contributed by atoms with E-state index in [-0.39, 0.29) is 11.9 Å². The number of nitrogens with two attached hydrogens (primary N) is 1. The number of halogens is 3. The Morgan fingerprint density at radius 3 is 2.54 bits per heavy atom. The molecule has 4 N–H and O–H groups in total. The van der Waals surface area contributed by atoms with Crippen molar-refractivity contribution in [3.8, 4) is 11.1 Å². The second-order valence-corrected chi connectivity index (χ2v) is 8.68. The van der Waals surface area contributed by atoms with E-state index in [1.54, 1.807) is 16.6 Å². The number of pyridine rings is 1. The molecular formula is C25H26F3N7O2.